The predicted molar refractivity (Wildman–Crippen MR) is 92.3 cm³/mol. The molecule has 2 aromatic heterocycles. The number of aromatic nitrogens is 3. The van der Waals surface area contributed by atoms with Crippen LogP contribution >= 0.6 is 0 Å². The Balaban J connectivity index is 1.78. The Bertz CT molecular complexity index is 848. The molecule has 136 valence electrons. The Morgan fingerprint density at radius 1 is 1.35 bits per heavy atom. The molecular weight excluding hydrogens is 340 g/mol. The van der Waals surface area contributed by atoms with Gasteiger partial charge in [-0.3, -0.25) is 19.5 Å². The molecule has 11 nitrogen and oxygen atoms in total. The van der Waals surface area contributed by atoms with Crippen LogP contribution in [0.4, 0.5) is 23.0 Å². The van der Waals surface area contributed by atoms with Gasteiger partial charge in [0, 0.05) is 6.20 Å². The van der Waals surface area contributed by atoms with Gasteiger partial charge in [0.2, 0.25) is 0 Å². The molecule has 0 aliphatic carbocycles. The molecule has 3 rings (SSSR count). The van der Waals surface area contributed by atoms with Crippen molar-refractivity contribution < 1.29 is 14.7 Å². The first-order chi connectivity index (χ1) is 12.5. The van der Waals surface area contributed by atoms with E-state index in [-0.39, 0.29) is 23.9 Å². The summed E-state index contributed by atoms with van der Waals surface area (Å²) in [5.41, 5.74) is 12.3. The summed E-state index contributed by atoms with van der Waals surface area (Å²) >= 11 is 0. The fourth-order valence-corrected chi connectivity index (χ4v) is 2.79. The zero-order chi connectivity index (χ0) is 18.7. The number of aliphatic carboxylic acids is 1. The van der Waals surface area contributed by atoms with Crippen molar-refractivity contribution in [3.63, 3.8) is 0 Å². The number of nitrogen functional groups attached to an aromatic ring is 2. The minimum atomic E-state index is -0.950. The lowest BCUT2D eigenvalue weighted by Crippen LogP contribution is -2.41. The van der Waals surface area contributed by atoms with Crippen molar-refractivity contribution in [3.8, 4) is 0 Å². The lowest BCUT2D eigenvalue weighted by Gasteiger charge is -2.19. The van der Waals surface area contributed by atoms with Crippen LogP contribution in [0.5, 0.6) is 0 Å². The van der Waals surface area contributed by atoms with Crippen molar-refractivity contribution in [1.29, 1.82) is 0 Å². The van der Waals surface area contributed by atoms with Gasteiger partial charge in [0.15, 0.2) is 17.3 Å². The number of rotatable bonds is 5. The molecule has 26 heavy (non-hydrogen) atoms. The van der Waals surface area contributed by atoms with Crippen LogP contribution in [0.1, 0.15) is 17.6 Å². The molecule has 0 amide bonds. The molecule has 1 unspecified atom stereocenters. The summed E-state index contributed by atoms with van der Waals surface area (Å²) in [6.45, 7) is 0.397. The van der Waals surface area contributed by atoms with Crippen LogP contribution in [0.2, 0.25) is 0 Å². The average Bonchev–Trinajstić information content (AvgIpc) is 3.19. The molecule has 11 heteroatoms. The number of hydrogen-bond donors (Lipinski definition) is 3. The van der Waals surface area contributed by atoms with Crippen LogP contribution in [-0.4, -0.2) is 55.8 Å². The lowest BCUT2D eigenvalue weighted by molar-refractivity contribution is -0.141. The van der Waals surface area contributed by atoms with Gasteiger partial charge >= 0.3 is 5.97 Å². The first kappa shape index (κ1) is 17.5. The highest BCUT2D eigenvalue weighted by atomic mass is 16.4. The van der Waals surface area contributed by atoms with Crippen molar-refractivity contribution in [2.75, 3.05) is 24.6 Å². The van der Waals surface area contributed by atoms with E-state index in [0.717, 1.165) is 4.68 Å². The number of carboxylic acid groups (broad SMARTS) is 1. The smallest absolute Gasteiger partial charge is 0.320 e. The largest absolute Gasteiger partial charge is 0.480 e. The third-order valence-corrected chi connectivity index (χ3v) is 4.06. The summed E-state index contributed by atoms with van der Waals surface area (Å²) in [5, 5.41) is 21.0. The average molecular weight is 358 g/mol. The number of likely N-dealkylation sites (tertiary alicyclic amines) is 1. The molecule has 1 fully saturated rings. The number of nitrogens with two attached hydrogens (primary N) is 2. The van der Waals surface area contributed by atoms with Crippen molar-refractivity contribution in [3.05, 3.63) is 24.5 Å². The lowest BCUT2D eigenvalue weighted by atomic mass is 10.2. The second-order valence-corrected chi connectivity index (χ2v) is 5.80. The quantitative estimate of drug-likeness (QED) is 0.667. The van der Waals surface area contributed by atoms with Crippen LogP contribution in [0, 0.1) is 0 Å². The number of carbonyl (C=O) groups is 2. The molecule has 3 heterocycles. The van der Waals surface area contributed by atoms with Crippen molar-refractivity contribution >= 4 is 34.9 Å². The Morgan fingerprint density at radius 2 is 2.15 bits per heavy atom. The van der Waals surface area contributed by atoms with Crippen molar-refractivity contribution in [2.45, 2.75) is 18.9 Å². The fraction of sp³-hybridized carbons (Fsp3) is 0.333. The summed E-state index contributed by atoms with van der Waals surface area (Å²) in [5.74, 6) is -1.52. The molecule has 0 bridgehead atoms. The van der Waals surface area contributed by atoms with E-state index in [4.69, 9.17) is 11.5 Å². The molecule has 5 N–H and O–H groups in total. The maximum absolute atomic E-state index is 12.5. The summed E-state index contributed by atoms with van der Waals surface area (Å²) in [6.07, 6.45) is 4.32. The summed E-state index contributed by atoms with van der Waals surface area (Å²) in [4.78, 5) is 29.2. The highest BCUT2D eigenvalue weighted by Gasteiger charge is 2.32. The normalized spacial score (nSPS) is 17.8. The Kier molecular flexibility index (Phi) is 4.89. The molecule has 0 aromatic carbocycles. The highest BCUT2D eigenvalue weighted by Crippen LogP contribution is 2.30. The number of hydrogen-bond acceptors (Lipinski definition) is 9. The SMILES string of the molecule is Nc1nn(C(=O)CN2CCCC2C(=O)O)c(N)c1N=Nc1cccnc1. The van der Waals surface area contributed by atoms with Gasteiger partial charge in [-0.05, 0) is 31.5 Å². The van der Waals surface area contributed by atoms with Crippen LogP contribution in [0.25, 0.3) is 0 Å². The minimum absolute atomic E-state index is 0.0419. The summed E-state index contributed by atoms with van der Waals surface area (Å²) < 4.78 is 0.935. The van der Waals surface area contributed by atoms with E-state index < -0.39 is 17.9 Å². The topological polar surface area (TPSA) is 165 Å². The maximum atomic E-state index is 12.5. The molecular formula is C15H18N8O3. The second kappa shape index (κ2) is 7.27. The van der Waals surface area contributed by atoms with Gasteiger partial charge < -0.3 is 16.6 Å². The van der Waals surface area contributed by atoms with E-state index >= 15 is 0 Å². The van der Waals surface area contributed by atoms with Crippen LogP contribution in [0.15, 0.2) is 34.8 Å². The molecule has 0 radical (unpaired) electrons. The first-order valence-corrected chi connectivity index (χ1v) is 7.93. The predicted octanol–water partition coefficient (Wildman–Crippen LogP) is 1.05. The van der Waals surface area contributed by atoms with E-state index in [1.807, 2.05) is 0 Å². The van der Waals surface area contributed by atoms with Crippen LogP contribution < -0.4 is 11.5 Å². The van der Waals surface area contributed by atoms with Gasteiger partial charge in [-0.2, -0.15) is 4.68 Å². The Morgan fingerprint density at radius 3 is 2.85 bits per heavy atom. The number of carbonyl (C=O) groups excluding carboxylic acids is 1. The zero-order valence-corrected chi connectivity index (χ0v) is 13.8. The number of pyridine rings is 1. The van der Waals surface area contributed by atoms with Gasteiger partial charge in [0.05, 0.1) is 12.7 Å². The number of nitrogens with zero attached hydrogens (tertiary/aromatic N) is 6. The maximum Gasteiger partial charge on any atom is 0.320 e. The molecule has 0 saturated carbocycles. The molecule has 1 atom stereocenters. The van der Waals surface area contributed by atoms with Gasteiger partial charge in [0.25, 0.3) is 5.91 Å². The van der Waals surface area contributed by atoms with E-state index in [9.17, 15) is 14.7 Å². The Hall–Kier alpha value is -3.34. The van der Waals surface area contributed by atoms with E-state index in [0.29, 0.717) is 25.1 Å². The first-order valence-electron chi connectivity index (χ1n) is 7.93. The standard InChI is InChI=1S/C15H18N8O3/c16-13-12(20-19-9-3-1-5-18-7-9)14(17)23(21-13)11(24)8-22-6-2-4-10(22)15(25)26/h1,3,5,7,10H,2,4,6,8,17H2,(H2,16,21)(H,25,26). The van der Waals surface area contributed by atoms with E-state index in [2.05, 4.69) is 20.3 Å². The summed E-state index contributed by atoms with van der Waals surface area (Å²) in [6, 6.07) is 2.71. The second-order valence-electron chi connectivity index (χ2n) is 5.80. The molecule has 2 aromatic rings. The Labute approximate surface area is 148 Å². The molecule has 1 saturated heterocycles. The number of azo groups is 1. The van der Waals surface area contributed by atoms with Gasteiger partial charge in [-0.1, -0.05) is 0 Å². The summed E-state index contributed by atoms with van der Waals surface area (Å²) in [7, 11) is 0. The monoisotopic (exact) mass is 358 g/mol. The van der Waals surface area contributed by atoms with E-state index in [1.165, 1.54) is 6.20 Å². The van der Waals surface area contributed by atoms with Crippen LogP contribution in [-0.2, 0) is 4.79 Å². The van der Waals surface area contributed by atoms with Crippen LogP contribution in [0.3, 0.4) is 0 Å². The van der Waals surface area contributed by atoms with Crippen molar-refractivity contribution in [1.82, 2.24) is 19.7 Å². The molecule has 0 spiro atoms. The van der Waals surface area contributed by atoms with E-state index in [1.54, 1.807) is 23.2 Å². The molecule has 1 aliphatic heterocycles. The van der Waals surface area contributed by atoms with Gasteiger partial charge in [0.1, 0.15) is 11.7 Å². The number of carboxylic acids is 1. The third-order valence-electron chi connectivity index (χ3n) is 4.06. The minimum Gasteiger partial charge on any atom is -0.480 e. The number of anilines is 2. The van der Waals surface area contributed by atoms with Gasteiger partial charge in [-0.15, -0.1) is 15.3 Å². The van der Waals surface area contributed by atoms with Crippen molar-refractivity contribution in [2.24, 2.45) is 10.2 Å². The molecule has 1 aliphatic rings. The van der Waals surface area contributed by atoms with Gasteiger partial charge in [-0.25, -0.2) is 0 Å². The highest BCUT2D eigenvalue weighted by molar-refractivity contribution is 5.88. The third kappa shape index (κ3) is 3.52. The zero-order valence-electron chi connectivity index (χ0n) is 13.8. The fourth-order valence-electron chi connectivity index (χ4n) is 2.79.